The number of hydrogen-bond acceptors (Lipinski definition) is 8. The average molecular weight is 598 g/mol. The quantitative estimate of drug-likeness (QED) is 0.432. The predicted molar refractivity (Wildman–Crippen MR) is 158 cm³/mol. The van der Waals surface area contributed by atoms with Crippen molar-refractivity contribution in [2.45, 2.75) is 56.3 Å². The third-order valence-corrected chi connectivity index (χ3v) is 10.1. The summed E-state index contributed by atoms with van der Waals surface area (Å²) in [6.45, 7) is 5.00. The normalized spacial score (nSPS) is 22.9. The molecule has 11 nitrogen and oxygen atoms in total. The van der Waals surface area contributed by atoms with Crippen molar-refractivity contribution < 1.29 is 28.6 Å². The Morgan fingerprint density at radius 1 is 1.09 bits per heavy atom. The van der Waals surface area contributed by atoms with Gasteiger partial charge in [-0.15, -0.1) is 0 Å². The van der Waals surface area contributed by atoms with E-state index < -0.39 is 11.9 Å². The van der Waals surface area contributed by atoms with Crippen molar-refractivity contribution in [3.8, 4) is 22.6 Å². The Morgan fingerprint density at radius 2 is 1.93 bits per heavy atom. The molecule has 44 heavy (non-hydrogen) atoms. The number of aromatic nitrogens is 2. The van der Waals surface area contributed by atoms with E-state index >= 15 is 0 Å². The van der Waals surface area contributed by atoms with Gasteiger partial charge in [-0.2, -0.15) is 5.10 Å². The average Bonchev–Trinajstić information content (AvgIpc) is 3.70. The fourth-order valence-electron chi connectivity index (χ4n) is 7.39. The molecule has 0 bridgehead atoms. The topological polar surface area (TPSA) is 115 Å². The predicted octanol–water partition coefficient (Wildman–Crippen LogP) is 2.82. The van der Waals surface area contributed by atoms with Crippen LogP contribution in [-0.4, -0.2) is 83.4 Å². The first kappa shape index (κ1) is 27.3. The summed E-state index contributed by atoms with van der Waals surface area (Å²) in [6.07, 6.45) is 6.49. The zero-order valence-corrected chi connectivity index (χ0v) is 24.7. The molecule has 0 radical (unpaired) electrons. The van der Waals surface area contributed by atoms with E-state index in [2.05, 4.69) is 45.8 Å². The summed E-state index contributed by atoms with van der Waals surface area (Å²) < 4.78 is 19.3. The van der Waals surface area contributed by atoms with Crippen LogP contribution in [0.2, 0.25) is 0 Å². The molecule has 3 amide bonds. The molecule has 5 aliphatic heterocycles. The number of carbonyl (C=O) groups is 3. The maximum absolute atomic E-state index is 13.3. The van der Waals surface area contributed by atoms with Gasteiger partial charge in [0.1, 0.15) is 17.5 Å². The molecule has 1 aromatic heterocycles. The van der Waals surface area contributed by atoms with Crippen molar-refractivity contribution in [1.82, 2.24) is 24.9 Å². The number of carbonyl (C=O) groups excluding carboxylic acids is 3. The smallest absolute Gasteiger partial charge is 0.255 e. The van der Waals surface area contributed by atoms with E-state index in [1.807, 2.05) is 16.9 Å². The van der Waals surface area contributed by atoms with Crippen molar-refractivity contribution in [3.63, 3.8) is 0 Å². The highest BCUT2D eigenvalue weighted by Gasteiger charge is 2.47. The summed E-state index contributed by atoms with van der Waals surface area (Å²) in [6, 6.07) is 10.0. The molecule has 1 spiro atoms. The summed E-state index contributed by atoms with van der Waals surface area (Å²) in [5.41, 5.74) is 5.90. The van der Waals surface area contributed by atoms with Gasteiger partial charge in [-0.05, 0) is 67.7 Å². The maximum atomic E-state index is 13.3. The molecule has 3 saturated heterocycles. The first-order valence-corrected chi connectivity index (χ1v) is 15.4. The van der Waals surface area contributed by atoms with Crippen LogP contribution in [0.3, 0.4) is 0 Å². The summed E-state index contributed by atoms with van der Waals surface area (Å²) in [7, 11) is 1.70. The van der Waals surface area contributed by atoms with Crippen LogP contribution in [0.5, 0.6) is 11.5 Å². The Labute approximate surface area is 255 Å². The number of imide groups is 1. The molecule has 1 N–H and O–H groups in total. The standard InChI is InChI=1S/C33H35N5O6/c1-42-24-11-20(10-21(12-24)22-13-34-38(15-22)23-17-43-18-23)14-36-8-6-33(7-9-36)19-44-30-26-16-37(28-4-5-29(39)35-31(28)40)32(41)25(26)2-3-27(30)33/h2-3,10-13,15,23,28H,4-9,14,16-19H2,1H3,(H,35,39,40)/t28-/m0/s1. The van der Waals surface area contributed by atoms with Crippen LogP contribution in [-0.2, 0) is 32.8 Å². The molecule has 2 aromatic carbocycles. The van der Waals surface area contributed by atoms with Crippen LogP contribution < -0.4 is 14.8 Å². The lowest BCUT2D eigenvalue weighted by Crippen LogP contribution is -2.52. The van der Waals surface area contributed by atoms with Gasteiger partial charge in [0.25, 0.3) is 5.91 Å². The molecule has 0 unspecified atom stereocenters. The third kappa shape index (κ3) is 4.48. The Kier molecular flexibility index (Phi) is 6.49. The van der Waals surface area contributed by atoms with Crippen molar-refractivity contribution in [2.75, 3.05) is 40.0 Å². The number of rotatable bonds is 6. The van der Waals surface area contributed by atoms with Gasteiger partial charge in [0.15, 0.2) is 0 Å². The van der Waals surface area contributed by atoms with Crippen molar-refractivity contribution >= 4 is 17.7 Å². The maximum Gasteiger partial charge on any atom is 0.255 e. The van der Waals surface area contributed by atoms with Gasteiger partial charge in [0.05, 0.1) is 45.7 Å². The highest BCUT2D eigenvalue weighted by atomic mass is 16.5. The summed E-state index contributed by atoms with van der Waals surface area (Å²) in [5.74, 6) is 0.792. The number of amides is 3. The fraction of sp³-hybridized carbons (Fsp3) is 0.455. The van der Waals surface area contributed by atoms with Crippen LogP contribution in [0.1, 0.15) is 58.8 Å². The van der Waals surface area contributed by atoms with Gasteiger partial charge in [0.2, 0.25) is 11.8 Å². The number of benzene rings is 2. The minimum Gasteiger partial charge on any atom is -0.497 e. The van der Waals surface area contributed by atoms with Crippen LogP contribution in [0.4, 0.5) is 0 Å². The minimum absolute atomic E-state index is 0.0919. The molecule has 8 rings (SSSR count). The number of fused-ring (bicyclic) bond motifs is 4. The van der Waals surface area contributed by atoms with Crippen LogP contribution in [0.25, 0.3) is 11.1 Å². The van der Waals surface area contributed by atoms with Crippen LogP contribution >= 0.6 is 0 Å². The van der Waals surface area contributed by atoms with Crippen LogP contribution in [0, 0.1) is 0 Å². The lowest BCUT2D eigenvalue weighted by molar-refractivity contribution is -0.136. The summed E-state index contributed by atoms with van der Waals surface area (Å²) in [5, 5.41) is 6.93. The molecule has 3 aromatic rings. The SMILES string of the molecule is COc1cc(CN2CCC3(CC2)COc2c3ccc3c2CN([C@H]2CCC(=O)NC2=O)C3=O)cc(-c2cnn(C3COC3)c2)c1. The second-order valence-electron chi connectivity index (χ2n) is 12.7. The van der Waals surface area contributed by atoms with E-state index in [0.29, 0.717) is 44.4 Å². The fourth-order valence-corrected chi connectivity index (χ4v) is 7.39. The number of methoxy groups -OCH3 is 1. The molecule has 0 aliphatic carbocycles. The molecular weight excluding hydrogens is 562 g/mol. The van der Waals surface area contributed by atoms with Crippen molar-refractivity contribution in [3.05, 3.63) is 65.0 Å². The Balaban J connectivity index is 0.968. The number of nitrogens with one attached hydrogen (secondary N) is 1. The zero-order valence-electron chi connectivity index (χ0n) is 24.7. The highest BCUT2D eigenvalue weighted by Crippen LogP contribution is 2.49. The Morgan fingerprint density at radius 3 is 2.68 bits per heavy atom. The van der Waals surface area contributed by atoms with E-state index in [-0.39, 0.29) is 23.7 Å². The first-order chi connectivity index (χ1) is 21.4. The molecule has 3 fully saturated rings. The molecule has 6 heterocycles. The molecular formula is C33H35N5O6. The molecule has 0 saturated carbocycles. The van der Waals surface area contributed by atoms with E-state index in [9.17, 15) is 14.4 Å². The molecule has 5 aliphatic rings. The zero-order chi connectivity index (χ0) is 30.0. The Bertz CT molecular complexity index is 1670. The molecule has 1 atom stereocenters. The van der Waals surface area contributed by atoms with Gasteiger partial charge < -0.3 is 19.1 Å². The lowest BCUT2D eigenvalue weighted by atomic mass is 9.74. The number of hydrogen-bond donors (Lipinski definition) is 1. The molecule has 228 valence electrons. The van der Waals surface area contributed by atoms with E-state index in [0.717, 1.165) is 60.7 Å². The lowest BCUT2D eigenvalue weighted by Gasteiger charge is -2.38. The van der Waals surface area contributed by atoms with Gasteiger partial charge in [-0.1, -0.05) is 6.07 Å². The Hall–Kier alpha value is -4.22. The second kappa shape index (κ2) is 10.4. The van der Waals surface area contributed by atoms with Gasteiger partial charge in [-0.25, -0.2) is 0 Å². The van der Waals surface area contributed by atoms with Gasteiger partial charge in [0, 0.05) is 46.8 Å². The third-order valence-electron chi connectivity index (χ3n) is 10.1. The number of ether oxygens (including phenoxy) is 3. The number of nitrogens with zero attached hydrogens (tertiary/aromatic N) is 4. The van der Waals surface area contributed by atoms with Gasteiger partial charge in [-0.3, -0.25) is 29.3 Å². The van der Waals surface area contributed by atoms with E-state index in [4.69, 9.17) is 14.2 Å². The largest absolute Gasteiger partial charge is 0.497 e. The first-order valence-electron chi connectivity index (χ1n) is 15.4. The van der Waals surface area contributed by atoms with E-state index in [1.54, 1.807) is 12.0 Å². The van der Waals surface area contributed by atoms with Crippen molar-refractivity contribution in [1.29, 1.82) is 0 Å². The second-order valence-corrected chi connectivity index (χ2v) is 12.7. The number of likely N-dealkylation sites (tertiary alicyclic amines) is 1. The van der Waals surface area contributed by atoms with Gasteiger partial charge >= 0.3 is 0 Å². The summed E-state index contributed by atoms with van der Waals surface area (Å²) in [4.78, 5) is 41.5. The monoisotopic (exact) mass is 597 g/mol. The molecule has 11 heteroatoms. The van der Waals surface area contributed by atoms with Crippen LogP contribution in [0.15, 0.2) is 42.7 Å². The van der Waals surface area contributed by atoms with E-state index in [1.165, 1.54) is 11.1 Å². The summed E-state index contributed by atoms with van der Waals surface area (Å²) >= 11 is 0. The number of piperidine rings is 2. The van der Waals surface area contributed by atoms with Crippen molar-refractivity contribution in [2.24, 2.45) is 0 Å². The minimum atomic E-state index is -0.632. The highest BCUT2D eigenvalue weighted by molar-refractivity contribution is 6.05.